The summed E-state index contributed by atoms with van der Waals surface area (Å²) in [5.41, 5.74) is 1.80. The van der Waals surface area contributed by atoms with Gasteiger partial charge in [-0.1, -0.05) is 44.2 Å². The maximum atomic E-state index is 10.3. The molecule has 0 saturated heterocycles. The minimum absolute atomic E-state index is 0.0693. The van der Waals surface area contributed by atoms with Crippen molar-refractivity contribution in [3.8, 4) is 0 Å². The average molecular weight is 216 g/mol. The Morgan fingerprint density at radius 1 is 1.25 bits per heavy atom. The first-order valence-electron chi connectivity index (χ1n) is 6.32. The second-order valence-corrected chi connectivity index (χ2v) is 6.21. The lowest BCUT2D eigenvalue weighted by molar-refractivity contribution is 0.112. The number of hydrogen-bond acceptors (Lipinski definition) is 1. The van der Waals surface area contributed by atoms with Crippen LogP contribution in [-0.2, 0) is 0 Å². The second kappa shape index (κ2) is 3.33. The highest BCUT2D eigenvalue weighted by Gasteiger charge is 2.56. The lowest BCUT2D eigenvalue weighted by Crippen LogP contribution is -2.16. The monoisotopic (exact) mass is 216 g/mol. The Labute approximate surface area is 97.5 Å². The van der Waals surface area contributed by atoms with Gasteiger partial charge in [-0.05, 0) is 41.6 Å². The van der Waals surface area contributed by atoms with Crippen LogP contribution in [0.1, 0.15) is 38.2 Å². The maximum absolute atomic E-state index is 10.3. The van der Waals surface area contributed by atoms with Gasteiger partial charge in [0.05, 0.1) is 6.10 Å². The van der Waals surface area contributed by atoms with Crippen LogP contribution in [0.2, 0.25) is 0 Å². The molecule has 0 spiro atoms. The summed E-state index contributed by atoms with van der Waals surface area (Å²) in [6.45, 7) is 4.53. The van der Waals surface area contributed by atoms with Crippen molar-refractivity contribution in [3.05, 3.63) is 35.9 Å². The molecule has 2 aliphatic carbocycles. The molecule has 0 bridgehead atoms. The van der Waals surface area contributed by atoms with Crippen LogP contribution in [0.5, 0.6) is 0 Å². The molecule has 2 saturated carbocycles. The zero-order chi connectivity index (χ0) is 11.3. The summed E-state index contributed by atoms with van der Waals surface area (Å²) in [7, 11) is 0. The minimum Gasteiger partial charge on any atom is -0.393 e. The van der Waals surface area contributed by atoms with E-state index in [0.29, 0.717) is 23.2 Å². The van der Waals surface area contributed by atoms with Gasteiger partial charge in [0.25, 0.3) is 0 Å². The minimum atomic E-state index is -0.0693. The van der Waals surface area contributed by atoms with Gasteiger partial charge < -0.3 is 5.11 Å². The molecule has 1 nitrogen and oxygen atoms in total. The van der Waals surface area contributed by atoms with Gasteiger partial charge in [0.2, 0.25) is 0 Å². The zero-order valence-corrected chi connectivity index (χ0v) is 10.1. The molecule has 16 heavy (non-hydrogen) atoms. The number of aliphatic hydroxyl groups is 1. The van der Waals surface area contributed by atoms with E-state index in [2.05, 4.69) is 44.2 Å². The Morgan fingerprint density at radius 3 is 2.44 bits per heavy atom. The van der Waals surface area contributed by atoms with Crippen LogP contribution >= 0.6 is 0 Å². The number of benzene rings is 1. The van der Waals surface area contributed by atoms with Crippen molar-refractivity contribution in [3.63, 3.8) is 0 Å². The van der Waals surface area contributed by atoms with Gasteiger partial charge in [-0.25, -0.2) is 0 Å². The summed E-state index contributed by atoms with van der Waals surface area (Å²) in [5.74, 6) is 1.69. The van der Waals surface area contributed by atoms with E-state index in [-0.39, 0.29) is 6.10 Å². The van der Waals surface area contributed by atoms with Crippen molar-refractivity contribution < 1.29 is 5.11 Å². The highest BCUT2D eigenvalue weighted by molar-refractivity contribution is 5.27. The van der Waals surface area contributed by atoms with Crippen molar-refractivity contribution in [2.75, 3.05) is 0 Å². The van der Waals surface area contributed by atoms with E-state index < -0.39 is 0 Å². The third-order valence-electron chi connectivity index (χ3n) is 4.51. The molecular formula is C15H20O. The maximum Gasteiger partial charge on any atom is 0.0607 e. The van der Waals surface area contributed by atoms with Gasteiger partial charge in [-0.15, -0.1) is 0 Å². The van der Waals surface area contributed by atoms with Crippen LogP contribution in [-0.4, -0.2) is 11.2 Å². The summed E-state index contributed by atoms with van der Waals surface area (Å²) < 4.78 is 0. The molecule has 86 valence electrons. The molecule has 0 amide bonds. The average Bonchev–Trinajstić information content (AvgIpc) is 3.15. The molecule has 2 aliphatic rings. The Hall–Kier alpha value is -0.820. The van der Waals surface area contributed by atoms with E-state index in [1.54, 1.807) is 0 Å². The summed E-state index contributed by atoms with van der Waals surface area (Å²) in [5, 5.41) is 10.3. The normalized spacial score (nSPS) is 36.8. The molecule has 3 rings (SSSR count). The first-order chi connectivity index (χ1) is 7.59. The molecular weight excluding hydrogens is 196 g/mol. The summed E-state index contributed by atoms with van der Waals surface area (Å²) in [6.07, 6.45) is 2.31. The van der Waals surface area contributed by atoms with E-state index in [4.69, 9.17) is 0 Å². The van der Waals surface area contributed by atoms with Crippen molar-refractivity contribution >= 4 is 0 Å². The smallest absolute Gasteiger partial charge is 0.0607 e. The van der Waals surface area contributed by atoms with Crippen LogP contribution < -0.4 is 0 Å². The quantitative estimate of drug-likeness (QED) is 0.822. The molecule has 1 heteroatoms. The first kappa shape index (κ1) is 10.3. The molecule has 1 aromatic carbocycles. The van der Waals surface area contributed by atoms with Crippen LogP contribution in [0.3, 0.4) is 0 Å². The molecule has 0 aliphatic heterocycles. The molecule has 4 unspecified atom stereocenters. The SMILES string of the molecule is CC1(C)CC1C(O)C1CC1c1ccccc1. The first-order valence-corrected chi connectivity index (χ1v) is 6.32. The third-order valence-corrected chi connectivity index (χ3v) is 4.51. The fourth-order valence-corrected chi connectivity index (χ4v) is 3.06. The molecule has 0 heterocycles. The third kappa shape index (κ3) is 1.67. The molecule has 1 N–H and O–H groups in total. The Bertz CT molecular complexity index is 382. The number of rotatable bonds is 3. The van der Waals surface area contributed by atoms with Gasteiger partial charge in [0.1, 0.15) is 0 Å². The van der Waals surface area contributed by atoms with E-state index >= 15 is 0 Å². The second-order valence-electron chi connectivity index (χ2n) is 6.21. The van der Waals surface area contributed by atoms with Crippen LogP contribution in [0, 0.1) is 17.3 Å². The predicted octanol–water partition coefficient (Wildman–Crippen LogP) is 3.20. The Kier molecular flexibility index (Phi) is 2.16. The van der Waals surface area contributed by atoms with Crippen LogP contribution in [0.15, 0.2) is 30.3 Å². The van der Waals surface area contributed by atoms with Crippen molar-refractivity contribution in [1.29, 1.82) is 0 Å². The summed E-state index contributed by atoms with van der Waals surface area (Å²) >= 11 is 0. The highest BCUT2D eigenvalue weighted by Crippen LogP contribution is 2.61. The largest absolute Gasteiger partial charge is 0.393 e. The van der Waals surface area contributed by atoms with E-state index in [1.807, 2.05) is 0 Å². The summed E-state index contributed by atoms with van der Waals surface area (Å²) in [4.78, 5) is 0. The lowest BCUT2D eigenvalue weighted by atomic mass is 10.00. The van der Waals surface area contributed by atoms with Crippen molar-refractivity contribution in [2.45, 2.75) is 38.7 Å². The molecule has 0 aromatic heterocycles. The van der Waals surface area contributed by atoms with E-state index in [0.717, 1.165) is 0 Å². The van der Waals surface area contributed by atoms with Gasteiger partial charge >= 0.3 is 0 Å². The van der Waals surface area contributed by atoms with Crippen molar-refractivity contribution in [2.24, 2.45) is 17.3 Å². The molecule has 4 atom stereocenters. The molecule has 0 radical (unpaired) electrons. The summed E-state index contributed by atoms with van der Waals surface area (Å²) in [6, 6.07) is 10.6. The molecule has 2 fully saturated rings. The van der Waals surface area contributed by atoms with E-state index in [1.165, 1.54) is 18.4 Å². The highest BCUT2D eigenvalue weighted by atomic mass is 16.3. The number of hydrogen-bond donors (Lipinski definition) is 1. The fraction of sp³-hybridized carbons (Fsp3) is 0.600. The predicted molar refractivity (Wildman–Crippen MR) is 65.2 cm³/mol. The Morgan fingerprint density at radius 2 is 1.88 bits per heavy atom. The van der Waals surface area contributed by atoms with Gasteiger partial charge in [0, 0.05) is 0 Å². The topological polar surface area (TPSA) is 20.2 Å². The van der Waals surface area contributed by atoms with Crippen LogP contribution in [0.4, 0.5) is 0 Å². The van der Waals surface area contributed by atoms with Crippen LogP contribution in [0.25, 0.3) is 0 Å². The van der Waals surface area contributed by atoms with E-state index in [9.17, 15) is 5.11 Å². The zero-order valence-electron chi connectivity index (χ0n) is 10.1. The lowest BCUT2D eigenvalue weighted by Gasteiger charge is -2.12. The number of aliphatic hydroxyl groups excluding tert-OH is 1. The molecule has 1 aromatic rings. The van der Waals surface area contributed by atoms with Crippen molar-refractivity contribution in [1.82, 2.24) is 0 Å². The Balaban J connectivity index is 1.64. The van der Waals surface area contributed by atoms with Gasteiger partial charge in [0.15, 0.2) is 0 Å². The van der Waals surface area contributed by atoms with Gasteiger partial charge in [-0.3, -0.25) is 0 Å². The van der Waals surface area contributed by atoms with Gasteiger partial charge in [-0.2, -0.15) is 0 Å². The fourth-order valence-electron chi connectivity index (χ4n) is 3.06. The standard InChI is InChI=1S/C15H20O/c1-15(2)9-13(15)14(16)12-8-11(12)10-6-4-3-5-7-10/h3-7,11-14,16H,8-9H2,1-2H3.